The van der Waals surface area contributed by atoms with E-state index in [2.05, 4.69) is 71.0 Å². The molecule has 1 heterocycles. The number of fused-ring (bicyclic) bond motifs is 7. The lowest BCUT2D eigenvalue weighted by Crippen LogP contribution is -2.71. The van der Waals surface area contributed by atoms with Crippen LogP contribution in [0, 0.1) is 62.1 Å². The fourth-order valence-corrected chi connectivity index (χ4v) is 14.7. The lowest BCUT2D eigenvalue weighted by Gasteiger charge is -2.75. The topological polar surface area (TPSA) is 135 Å². The molecule has 10 atom stereocenters. The number of carboxylic acid groups (broad SMARTS) is 1. The third-order valence-corrected chi connectivity index (χ3v) is 18.6. The summed E-state index contributed by atoms with van der Waals surface area (Å²) in [6, 6.07) is 5.79. The summed E-state index contributed by atoms with van der Waals surface area (Å²) in [5.74, 6) is -0.999. The van der Waals surface area contributed by atoms with E-state index < -0.39 is 34.3 Å². The van der Waals surface area contributed by atoms with Crippen molar-refractivity contribution < 1.29 is 29.0 Å². The first-order chi connectivity index (χ1) is 26.3. The van der Waals surface area contributed by atoms with Crippen LogP contribution in [0.1, 0.15) is 153 Å². The highest BCUT2D eigenvalue weighted by Crippen LogP contribution is 2.79. The molecule has 0 aromatic carbocycles. The number of nitrogens with one attached hydrogen (secondary N) is 2. The molecule has 57 heavy (non-hydrogen) atoms. The second-order valence-corrected chi connectivity index (χ2v) is 22.4. The highest BCUT2D eigenvalue weighted by Gasteiger charge is 2.74. The van der Waals surface area contributed by atoms with Gasteiger partial charge in [-0.3, -0.25) is 29.5 Å². The van der Waals surface area contributed by atoms with Crippen LogP contribution < -0.4 is 10.6 Å². The fourth-order valence-electron chi connectivity index (χ4n) is 14.7. The third-order valence-electron chi connectivity index (χ3n) is 18.6. The van der Waals surface area contributed by atoms with Gasteiger partial charge in [-0.1, -0.05) is 75.3 Å². The first-order valence-electron chi connectivity index (χ1n) is 22.0. The van der Waals surface area contributed by atoms with Gasteiger partial charge in [-0.2, -0.15) is 0 Å². The predicted molar refractivity (Wildman–Crippen MR) is 221 cm³/mol. The summed E-state index contributed by atoms with van der Waals surface area (Å²) in [7, 11) is 0. The zero-order valence-electron chi connectivity index (χ0n) is 37.0. The van der Waals surface area contributed by atoms with Crippen molar-refractivity contribution in [1.82, 2.24) is 15.6 Å². The molecule has 0 saturated heterocycles. The molecule has 0 aliphatic heterocycles. The van der Waals surface area contributed by atoms with Gasteiger partial charge in [0.05, 0.1) is 28.6 Å². The number of hydrogen-bond acceptors (Lipinski definition) is 7. The van der Waals surface area contributed by atoms with E-state index in [0.717, 1.165) is 62.6 Å². The lowest BCUT2D eigenvalue weighted by atomic mass is 9.30. The number of aromatic nitrogens is 1. The van der Waals surface area contributed by atoms with Gasteiger partial charge in [0.25, 0.3) is 0 Å². The molecule has 1 amide bonds. The molecule has 3 N–H and O–H groups in total. The Morgan fingerprint density at radius 2 is 1.58 bits per heavy atom. The van der Waals surface area contributed by atoms with Gasteiger partial charge in [-0.05, 0) is 140 Å². The molecule has 7 rings (SSSR count). The summed E-state index contributed by atoms with van der Waals surface area (Å²) in [6.07, 6.45) is 9.80. The smallest absolute Gasteiger partial charge is 0.309 e. The zero-order valence-corrected chi connectivity index (χ0v) is 37.0. The highest BCUT2D eigenvalue weighted by molar-refractivity contribution is 6.03. The van der Waals surface area contributed by atoms with Crippen LogP contribution in [0.4, 0.5) is 0 Å². The minimum atomic E-state index is -0.881. The Kier molecular flexibility index (Phi) is 9.94. The van der Waals surface area contributed by atoms with Gasteiger partial charge in [0.2, 0.25) is 5.91 Å². The average Bonchev–Trinajstić information content (AvgIpc) is 3.42. The summed E-state index contributed by atoms with van der Waals surface area (Å²) in [4.78, 5) is 58.6. The largest absolute Gasteiger partial charge is 0.481 e. The second-order valence-electron chi connectivity index (χ2n) is 22.4. The van der Waals surface area contributed by atoms with E-state index in [1.54, 1.807) is 6.20 Å². The van der Waals surface area contributed by atoms with E-state index in [1.807, 2.05) is 45.9 Å². The molecule has 6 aliphatic rings. The molecule has 5 fully saturated rings. The van der Waals surface area contributed by atoms with Crippen molar-refractivity contribution in [2.45, 2.75) is 171 Å². The molecule has 1 aromatic rings. The number of nitrogens with zero attached hydrogens (tertiary/aromatic N) is 1. The number of rotatable bonds is 9. The molecule has 0 spiro atoms. The third kappa shape index (κ3) is 5.95. The van der Waals surface area contributed by atoms with Crippen molar-refractivity contribution in [1.29, 1.82) is 0 Å². The number of carbonyl (C=O) groups is 4. The van der Waals surface area contributed by atoms with Gasteiger partial charge in [-0.15, -0.1) is 0 Å². The van der Waals surface area contributed by atoms with E-state index >= 15 is 0 Å². The number of hydrogen-bond donors (Lipinski definition) is 3. The van der Waals surface area contributed by atoms with Crippen molar-refractivity contribution >= 4 is 23.6 Å². The Morgan fingerprint density at radius 3 is 2.19 bits per heavy atom. The Bertz CT molecular complexity index is 1870. The Hall–Kier alpha value is -3.07. The summed E-state index contributed by atoms with van der Waals surface area (Å²) in [5, 5.41) is 16.7. The van der Waals surface area contributed by atoms with Crippen LogP contribution >= 0.6 is 0 Å². The predicted octanol–water partition coefficient (Wildman–Crippen LogP) is 8.85. The summed E-state index contributed by atoms with van der Waals surface area (Å²) in [6.45, 7) is 27.1. The lowest BCUT2D eigenvalue weighted by molar-refractivity contribution is -0.249. The van der Waals surface area contributed by atoms with Crippen LogP contribution in [0.25, 0.3) is 0 Å². The Morgan fingerprint density at radius 1 is 0.895 bits per heavy atom. The Balaban J connectivity index is 1.16. The number of aliphatic carboxylic acids is 1. The molecule has 5 saturated carbocycles. The molecule has 9 heteroatoms. The van der Waals surface area contributed by atoms with Gasteiger partial charge in [-0.25, -0.2) is 0 Å². The van der Waals surface area contributed by atoms with Crippen molar-refractivity contribution in [3.8, 4) is 0 Å². The van der Waals surface area contributed by atoms with Gasteiger partial charge in [0.15, 0.2) is 5.78 Å². The first-order valence-corrected chi connectivity index (χ1v) is 22.0. The molecule has 4 unspecified atom stereocenters. The summed E-state index contributed by atoms with van der Waals surface area (Å²) >= 11 is 0. The van der Waals surface area contributed by atoms with E-state index in [9.17, 15) is 24.3 Å². The van der Waals surface area contributed by atoms with Crippen molar-refractivity contribution in [2.75, 3.05) is 0 Å². The minimum absolute atomic E-state index is 0.00690. The molecule has 0 radical (unpaired) electrons. The number of Topliss-reactive ketones (excluding diaryl/α,β-unsaturated/α-hetero) is 1. The molecule has 6 aliphatic carbocycles. The van der Waals surface area contributed by atoms with Crippen LogP contribution in [0.15, 0.2) is 35.5 Å². The minimum Gasteiger partial charge on any atom is -0.481 e. The average molecular weight is 786 g/mol. The number of esters is 1. The quantitative estimate of drug-likeness (QED) is 0.212. The van der Waals surface area contributed by atoms with Gasteiger partial charge in [0.1, 0.15) is 6.10 Å². The van der Waals surface area contributed by atoms with Crippen molar-refractivity contribution in [2.24, 2.45) is 62.1 Å². The van der Waals surface area contributed by atoms with Crippen LogP contribution in [0.3, 0.4) is 0 Å². The monoisotopic (exact) mass is 786 g/mol. The molecule has 0 bridgehead atoms. The number of carbonyl (C=O) groups excluding carboxylic acids is 3. The van der Waals surface area contributed by atoms with Crippen LogP contribution in [-0.2, 0) is 30.5 Å². The molecule has 9 nitrogen and oxygen atoms in total. The molecule has 314 valence electrons. The van der Waals surface area contributed by atoms with Crippen molar-refractivity contribution in [3.05, 3.63) is 41.2 Å². The van der Waals surface area contributed by atoms with Crippen LogP contribution in [0.5, 0.6) is 0 Å². The van der Waals surface area contributed by atoms with Gasteiger partial charge >= 0.3 is 11.9 Å². The van der Waals surface area contributed by atoms with Gasteiger partial charge < -0.3 is 15.2 Å². The number of ketones is 1. The van der Waals surface area contributed by atoms with E-state index in [0.29, 0.717) is 31.2 Å². The second kappa shape index (κ2) is 13.5. The zero-order chi connectivity index (χ0) is 41.9. The Labute approximate surface area is 341 Å². The maximum atomic E-state index is 14.4. The normalized spacial score (nSPS) is 40.6. The number of pyridine rings is 1. The first kappa shape index (κ1) is 42.1. The van der Waals surface area contributed by atoms with Crippen LogP contribution in [-0.4, -0.2) is 50.9 Å². The van der Waals surface area contributed by atoms with Crippen LogP contribution in [0.2, 0.25) is 0 Å². The molecule has 1 aromatic heterocycles. The summed E-state index contributed by atoms with van der Waals surface area (Å²) < 4.78 is 6.44. The van der Waals surface area contributed by atoms with Crippen molar-refractivity contribution in [3.63, 3.8) is 0 Å². The number of amides is 1. The summed E-state index contributed by atoms with van der Waals surface area (Å²) in [5.41, 5.74) is 0.230. The number of carboxylic acids is 1. The molecular formula is C48H71N3O6. The fraction of sp³-hybridized carbons (Fsp3) is 0.771. The van der Waals surface area contributed by atoms with E-state index in [4.69, 9.17) is 4.74 Å². The number of allylic oxidation sites excluding steroid dienone is 1. The number of ether oxygens (including phenoxy) is 1. The standard InChI is InChI=1S/C48H71N3O6/c1-28(2)36-32(52)26-48(51-40(56)43(7,8)50-27-29-15-13-14-24-49-29)23-22-47(12)45(10)20-16-33-42(5,6)35(57-39(55)31-25-30(38(53)54)41(31,3)4)18-19-44(33,9)34(45)17-21-46(47,11)37(36)48/h13-15,24,28,30-31,33-35,50H,16-23,25-27H2,1-12H3,(H,51,56)(H,53,54)/t30?,31-,33+,34-,35+,44?,45-,46?,47+,48?/m1/s1. The SMILES string of the molecule is CC(C)C1=C2C(NC(=O)C(C)(C)NCc3ccccn3)(CC[C@]3(C)C2(C)CC[C@@H]2C4(C)CC[C@H](OC(=O)[C@H]5CC(C(=O)O)C5(C)C)C(C)(C)[C@@H]4CC[C@]23C)CC1=O. The van der Waals surface area contributed by atoms with Gasteiger partial charge in [0, 0.05) is 24.6 Å². The maximum Gasteiger partial charge on any atom is 0.309 e. The van der Waals surface area contributed by atoms with E-state index in [-0.39, 0.29) is 56.8 Å². The maximum absolute atomic E-state index is 14.4. The van der Waals surface area contributed by atoms with E-state index in [1.165, 1.54) is 5.57 Å². The molecular weight excluding hydrogens is 715 g/mol. The highest BCUT2D eigenvalue weighted by atomic mass is 16.5.